The van der Waals surface area contributed by atoms with E-state index in [0.717, 1.165) is 0 Å². The summed E-state index contributed by atoms with van der Waals surface area (Å²) in [6.45, 7) is 1.74. The van der Waals surface area contributed by atoms with Gasteiger partial charge in [0, 0.05) is 12.1 Å². The van der Waals surface area contributed by atoms with Crippen LogP contribution in [0.1, 0.15) is 30.0 Å². The molecule has 0 amide bonds. The quantitative estimate of drug-likeness (QED) is 0.248. The van der Waals surface area contributed by atoms with Gasteiger partial charge in [-0.3, -0.25) is 0 Å². The van der Waals surface area contributed by atoms with Gasteiger partial charge in [0.2, 0.25) is 0 Å². The van der Waals surface area contributed by atoms with Crippen LogP contribution in [0.3, 0.4) is 0 Å². The highest BCUT2D eigenvalue weighted by Gasteiger charge is 2.41. The smallest absolute Gasteiger partial charge is 0.429 e. The number of nitrogens with zero attached hydrogens (tertiary/aromatic N) is 1. The van der Waals surface area contributed by atoms with E-state index in [1.165, 1.54) is 6.07 Å². The third-order valence-corrected chi connectivity index (χ3v) is 4.93. The van der Waals surface area contributed by atoms with Crippen LogP contribution in [0.4, 0.5) is 35.1 Å². The standard InChI is InChI=1S/C25H15F8NO/c1-2-3-4-5-13-6-21(30)24(22(31)7-13)25(32,33)35-15-10-19(28)23(20(29)11-15)14-8-17(26)16(12-34)18(27)9-14/h2-3,6-11H,4-5H2,1H3. The Bertz CT molecular complexity index is 1270. The summed E-state index contributed by atoms with van der Waals surface area (Å²) in [5.41, 5.74) is -4.27. The molecular weight excluding hydrogens is 482 g/mol. The molecular formula is C25H15F8NO. The van der Waals surface area contributed by atoms with E-state index >= 15 is 0 Å². The lowest BCUT2D eigenvalue weighted by atomic mass is 10.0. The maximum Gasteiger partial charge on any atom is 0.432 e. The molecule has 10 heteroatoms. The number of halogens is 8. The third kappa shape index (κ3) is 5.45. The third-order valence-electron chi connectivity index (χ3n) is 4.93. The lowest BCUT2D eigenvalue weighted by Crippen LogP contribution is -2.25. The van der Waals surface area contributed by atoms with Crippen molar-refractivity contribution in [3.8, 4) is 22.9 Å². The lowest BCUT2D eigenvalue weighted by Gasteiger charge is -2.20. The molecule has 0 bridgehead atoms. The molecule has 0 spiro atoms. The van der Waals surface area contributed by atoms with Crippen molar-refractivity contribution < 1.29 is 39.9 Å². The first-order chi connectivity index (χ1) is 16.5. The van der Waals surface area contributed by atoms with Crippen LogP contribution >= 0.6 is 0 Å². The first kappa shape index (κ1) is 25.7. The summed E-state index contributed by atoms with van der Waals surface area (Å²) < 4.78 is 119. The average molecular weight is 497 g/mol. The van der Waals surface area contributed by atoms with Gasteiger partial charge < -0.3 is 4.74 Å². The Labute approximate surface area is 194 Å². The molecule has 0 radical (unpaired) electrons. The Hall–Kier alpha value is -3.87. The normalized spacial score (nSPS) is 11.7. The molecule has 3 rings (SSSR count). The molecule has 0 saturated carbocycles. The fourth-order valence-electron chi connectivity index (χ4n) is 3.37. The Morgan fingerprint density at radius 1 is 0.829 bits per heavy atom. The molecule has 3 aromatic carbocycles. The zero-order valence-corrected chi connectivity index (χ0v) is 17.9. The first-order valence-electron chi connectivity index (χ1n) is 10.0. The summed E-state index contributed by atoms with van der Waals surface area (Å²) in [5.74, 6) is -10.3. The summed E-state index contributed by atoms with van der Waals surface area (Å²) >= 11 is 0. The molecule has 0 saturated heterocycles. The lowest BCUT2D eigenvalue weighted by molar-refractivity contribution is -0.189. The number of hydrogen-bond donors (Lipinski definition) is 0. The van der Waals surface area contributed by atoms with Crippen LogP contribution < -0.4 is 4.74 Å². The Balaban J connectivity index is 1.95. The van der Waals surface area contributed by atoms with Crippen LogP contribution in [0.5, 0.6) is 5.75 Å². The topological polar surface area (TPSA) is 33.0 Å². The molecule has 2 nitrogen and oxygen atoms in total. The van der Waals surface area contributed by atoms with Crippen molar-refractivity contribution in [3.63, 3.8) is 0 Å². The molecule has 0 unspecified atom stereocenters. The van der Waals surface area contributed by atoms with Gasteiger partial charge in [0.15, 0.2) is 0 Å². The van der Waals surface area contributed by atoms with Gasteiger partial charge in [-0.15, -0.1) is 0 Å². The average Bonchev–Trinajstić information content (AvgIpc) is 2.72. The van der Waals surface area contributed by atoms with E-state index in [1.54, 1.807) is 19.1 Å². The molecule has 0 aliphatic heterocycles. The number of ether oxygens (including phenoxy) is 1. The number of hydrogen-bond acceptors (Lipinski definition) is 2. The fourth-order valence-corrected chi connectivity index (χ4v) is 3.37. The second-order valence-electron chi connectivity index (χ2n) is 7.35. The fraction of sp³-hybridized carbons (Fsp3) is 0.160. The second kappa shape index (κ2) is 10.2. The maximum atomic E-state index is 14.6. The predicted molar refractivity (Wildman–Crippen MR) is 110 cm³/mol. The monoisotopic (exact) mass is 497 g/mol. The van der Waals surface area contributed by atoms with Crippen LogP contribution in [0.25, 0.3) is 11.1 Å². The van der Waals surface area contributed by atoms with Crippen molar-refractivity contribution in [2.45, 2.75) is 25.9 Å². The van der Waals surface area contributed by atoms with Gasteiger partial charge in [-0.25, -0.2) is 26.3 Å². The Morgan fingerprint density at radius 3 is 1.86 bits per heavy atom. The predicted octanol–water partition coefficient (Wildman–Crippen LogP) is 7.70. The van der Waals surface area contributed by atoms with Gasteiger partial charge in [0.05, 0.1) is 5.56 Å². The van der Waals surface area contributed by atoms with Crippen molar-refractivity contribution in [1.29, 1.82) is 5.26 Å². The van der Waals surface area contributed by atoms with Crippen molar-refractivity contribution in [1.82, 2.24) is 0 Å². The molecule has 0 aliphatic carbocycles. The largest absolute Gasteiger partial charge is 0.432 e. The van der Waals surface area contributed by atoms with Gasteiger partial charge in [-0.2, -0.15) is 14.0 Å². The molecule has 0 heterocycles. The van der Waals surface area contributed by atoms with Gasteiger partial charge in [0.25, 0.3) is 0 Å². The summed E-state index contributed by atoms with van der Waals surface area (Å²) in [4.78, 5) is 0. The highest BCUT2D eigenvalue weighted by Crippen LogP contribution is 2.38. The first-order valence-corrected chi connectivity index (χ1v) is 10.0. The van der Waals surface area contributed by atoms with Crippen molar-refractivity contribution in [2.24, 2.45) is 0 Å². The highest BCUT2D eigenvalue weighted by molar-refractivity contribution is 5.67. The molecule has 0 fully saturated rings. The van der Waals surface area contributed by atoms with Crippen molar-refractivity contribution in [2.75, 3.05) is 0 Å². The molecule has 35 heavy (non-hydrogen) atoms. The van der Waals surface area contributed by atoms with E-state index in [9.17, 15) is 35.1 Å². The number of aryl methyl sites for hydroxylation is 1. The molecule has 0 atom stereocenters. The maximum absolute atomic E-state index is 14.6. The van der Waals surface area contributed by atoms with Crippen LogP contribution in [0, 0.1) is 46.2 Å². The molecule has 182 valence electrons. The Morgan fingerprint density at radius 2 is 1.37 bits per heavy atom. The van der Waals surface area contributed by atoms with Crippen LogP contribution in [-0.2, 0) is 12.5 Å². The van der Waals surface area contributed by atoms with Crippen molar-refractivity contribution >= 4 is 0 Å². The number of rotatable bonds is 7. The Kier molecular flexibility index (Phi) is 7.48. The minimum atomic E-state index is -4.66. The number of alkyl halides is 2. The zero-order valence-electron chi connectivity index (χ0n) is 17.9. The molecule has 3 aromatic rings. The SMILES string of the molecule is CC=CCCc1cc(F)c(C(F)(F)Oc2cc(F)c(-c3cc(F)c(C#N)c(F)c3)c(F)c2)c(F)c1. The number of benzene rings is 3. The number of nitriles is 1. The molecule has 0 N–H and O–H groups in total. The van der Waals surface area contributed by atoms with Gasteiger partial charge in [-0.1, -0.05) is 12.2 Å². The number of allylic oxidation sites excluding steroid dienone is 2. The minimum Gasteiger partial charge on any atom is -0.429 e. The molecule has 0 aromatic heterocycles. The van der Waals surface area contributed by atoms with Crippen LogP contribution in [-0.4, -0.2) is 0 Å². The van der Waals surface area contributed by atoms with E-state index in [-0.39, 0.29) is 24.1 Å². The zero-order chi connectivity index (χ0) is 25.9. The van der Waals surface area contributed by atoms with E-state index < -0.39 is 69.0 Å². The van der Waals surface area contributed by atoms with Crippen LogP contribution in [0.2, 0.25) is 0 Å². The van der Waals surface area contributed by atoms with E-state index in [2.05, 4.69) is 4.74 Å². The van der Waals surface area contributed by atoms with Gasteiger partial charge in [0.1, 0.15) is 57.8 Å². The van der Waals surface area contributed by atoms with Crippen molar-refractivity contribution in [3.05, 3.63) is 100 Å². The minimum absolute atomic E-state index is 0.112. The summed E-state index contributed by atoms with van der Waals surface area (Å²) in [6, 6.07) is 4.16. The van der Waals surface area contributed by atoms with Crippen LogP contribution in [0.15, 0.2) is 48.6 Å². The second-order valence-corrected chi connectivity index (χ2v) is 7.35. The van der Waals surface area contributed by atoms with E-state index in [4.69, 9.17) is 5.26 Å². The van der Waals surface area contributed by atoms with E-state index in [0.29, 0.717) is 30.7 Å². The summed E-state index contributed by atoms with van der Waals surface area (Å²) in [7, 11) is 0. The highest BCUT2D eigenvalue weighted by atomic mass is 19.3. The van der Waals surface area contributed by atoms with E-state index in [1.807, 2.05) is 0 Å². The summed E-state index contributed by atoms with van der Waals surface area (Å²) in [6.07, 6.45) is -0.641. The molecule has 0 aliphatic rings. The summed E-state index contributed by atoms with van der Waals surface area (Å²) in [5, 5.41) is 8.69. The van der Waals surface area contributed by atoms with Gasteiger partial charge in [-0.05, 0) is 55.2 Å². The van der Waals surface area contributed by atoms with Gasteiger partial charge >= 0.3 is 6.11 Å².